The van der Waals surface area contributed by atoms with E-state index in [9.17, 15) is 0 Å². The van der Waals surface area contributed by atoms with Crippen molar-refractivity contribution in [3.05, 3.63) is 40.6 Å². The summed E-state index contributed by atoms with van der Waals surface area (Å²) in [5, 5.41) is 5.45. The summed E-state index contributed by atoms with van der Waals surface area (Å²) in [5.74, 6) is 0.651. The zero-order valence-corrected chi connectivity index (χ0v) is 12.6. The molecule has 3 nitrogen and oxygen atoms in total. The second kappa shape index (κ2) is 6.06. The molecule has 0 bridgehead atoms. The van der Waals surface area contributed by atoms with Gasteiger partial charge >= 0.3 is 0 Å². The number of ether oxygens (including phenoxy) is 1. The highest BCUT2D eigenvalue weighted by molar-refractivity contribution is 6.31. The third-order valence-electron chi connectivity index (χ3n) is 3.58. The standard InChI is InChI=1S/C15H16Cl2N2O/c16-11-5-4-6-12(9-11)19-15(17)14(10-18-19)20-13-7-2-1-3-8-13/h4-6,9-10,13H,1-3,7-8H2. The summed E-state index contributed by atoms with van der Waals surface area (Å²) in [6.07, 6.45) is 7.89. The van der Waals surface area contributed by atoms with Gasteiger partial charge in [0, 0.05) is 5.02 Å². The molecule has 5 heteroatoms. The fourth-order valence-electron chi connectivity index (χ4n) is 2.55. The van der Waals surface area contributed by atoms with Crippen LogP contribution in [0, 0.1) is 0 Å². The molecule has 0 amide bonds. The molecule has 1 heterocycles. The number of hydrogen-bond acceptors (Lipinski definition) is 2. The Morgan fingerprint density at radius 2 is 1.95 bits per heavy atom. The van der Waals surface area contributed by atoms with Crippen molar-refractivity contribution in [2.24, 2.45) is 0 Å². The van der Waals surface area contributed by atoms with Gasteiger partial charge in [-0.1, -0.05) is 35.7 Å². The molecular weight excluding hydrogens is 295 g/mol. The number of halogens is 2. The van der Waals surface area contributed by atoms with Gasteiger partial charge in [-0.2, -0.15) is 5.10 Å². The van der Waals surface area contributed by atoms with E-state index in [1.165, 1.54) is 19.3 Å². The Hall–Kier alpha value is -1.19. The van der Waals surface area contributed by atoms with Gasteiger partial charge in [0.25, 0.3) is 0 Å². The first-order chi connectivity index (χ1) is 9.74. The molecule has 1 fully saturated rings. The lowest BCUT2D eigenvalue weighted by Gasteiger charge is -2.22. The Bertz CT molecular complexity index is 591. The third-order valence-corrected chi connectivity index (χ3v) is 4.16. The van der Waals surface area contributed by atoms with E-state index in [1.54, 1.807) is 10.9 Å². The van der Waals surface area contributed by atoms with Gasteiger partial charge in [-0.3, -0.25) is 0 Å². The molecule has 3 rings (SSSR count). The van der Waals surface area contributed by atoms with Crippen LogP contribution in [0.15, 0.2) is 30.5 Å². The fraction of sp³-hybridized carbons (Fsp3) is 0.400. The van der Waals surface area contributed by atoms with Gasteiger partial charge in [0.2, 0.25) is 0 Å². The maximum absolute atomic E-state index is 6.36. The summed E-state index contributed by atoms with van der Waals surface area (Å²) in [6.45, 7) is 0. The minimum absolute atomic E-state index is 0.262. The van der Waals surface area contributed by atoms with E-state index >= 15 is 0 Å². The Kier molecular flexibility index (Phi) is 4.18. The maximum atomic E-state index is 6.36. The van der Waals surface area contributed by atoms with E-state index in [0.29, 0.717) is 15.9 Å². The van der Waals surface area contributed by atoms with Gasteiger partial charge in [0.1, 0.15) is 0 Å². The number of aromatic nitrogens is 2. The second-order valence-corrected chi connectivity index (χ2v) is 5.86. The van der Waals surface area contributed by atoms with Crippen molar-refractivity contribution in [2.75, 3.05) is 0 Å². The molecule has 2 aromatic rings. The lowest BCUT2D eigenvalue weighted by molar-refractivity contribution is 0.155. The Balaban J connectivity index is 1.81. The Morgan fingerprint density at radius 3 is 2.70 bits per heavy atom. The van der Waals surface area contributed by atoms with Crippen LogP contribution in [0.1, 0.15) is 32.1 Å². The molecule has 0 aliphatic heterocycles. The Labute approximate surface area is 128 Å². The molecule has 1 aromatic heterocycles. The van der Waals surface area contributed by atoms with E-state index in [-0.39, 0.29) is 6.10 Å². The van der Waals surface area contributed by atoms with Crippen molar-refractivity contribution in [1.29, 1.82) is 0 Å². The quantitative estimate of drug-likeness (QED) is 0.807. The van der Waals surface area contributed by atoms with Crippen LogP contribution in [-0.2, 0) is 0 Å². The van der Waals surface area contributed by atoms with Crippen molar-refractivity contribution in [3.8, 4) is 11.4 Å². The SMILES string of the molecule is Clc1cccc(-n2ncc(OC3CCCCC3)c2Cl)c1. The number of rotatable bonds is 3. The molecule has 0 spiro atoms. The smallest absolute Gasteiger partial charge is 0.177 e. The molecule has 0 radical (unpaired) electrons. The summed E-state index contributed by atoms with van der Waals surface area (Å²) in [4.78, 5) is 0. The molecule has 1 aliphatic carbocycles. The van der Waals surface area contributed by atoms with Crippen LogP contribution in [-0.4, -0.2) is 15.9 Å². The minimum atomic E-state index is 0.262. The van der Waals surface area contributed by atoms with Crippen molar-refractivity contribution in [3.63, 3.8) is 0 Å². The van der Waals surface area contributed by atoms with E-state index in [2.05, 4.69) is 5.10 Å². The van der Waals surface area contributed by atoms with E-state index in [0.717, 1.165) is 18.5 Å². The average molecular weight is 311 g/mol. The molecular formula is C15H16Cl2N2O. The van der Waals surface area contributed by atoms with Crippen molar-refractivity contribution in [1.82, 2.24) is 9.78 Å². The summed E-state index contributed by atoms with van der Waals surface area (Å²) in [7, 11) is 0. The van der Waals surface area contributed by atoms with Gasteiger partial charge < -0.3 is 4.74 Å². The van der Waals surface area contributed by atoms with Gasteiger partial charge in [-0.25, -0.2) is 4.68 Å². The van der Waals surface area contributed by atoms with Crippen molar-refractivity contribution >= 4 is 23.2 Å². The van der Waals surface area contributed by atoms with Gasteiger partial charge in [0.15, 0.2) is 10.9 Å². The first-order valence-electron chi connectivity index (χ1n) is 6.90. The van der Waals surface area contributed by atoms with Crippen molar-refractivity contribution in [2.45, 2.75) is 38.2 Å². The second-order valence-electron chi connectivity index (χ2n) is 5.07. The van der Waals surface area contributed by atoms with Gasteiger partial charge in [-0.05, 0) is 43.9 Å². The predicted molar refractivity (Wildman–Crippen MR) is 81.1 cm³/mol. The topological polar surface area (TPSA) is 27.1 Å². The lowest BCUT2D eigenvalue weighted by Crippen LogP contribution is -2.19. The van der Waals surface area contributed by atoms with Gasteiger partial charge in [-0.15, -0.1) is 0 Å². The molecule has 1 aliphatic rings. The van der Waals surface area contributed by atoms with Crippen LogP contribution in [0.4, 0.5) is 0 Å². The zero-order chi connectivity index (χ0) is 13.9. The summed E-state index contributed by atoms with van der Waals surface area (Å²) in [5.41, 5.74) is 0.834. The van der Waals surface area contributed by atoms with Crippen LogP contribution >= 0.6 is 23.2 Å². The summed E-state index contributed by atoms with van der Waals surface area (Å²) < 4.78 is 7.61. The highest BCUT2D eigenvalue weighted by Crippen LogP contribution is 2.31. The minimum Gasteiger partial charge on any atom is -0.485 e. The molecule has 106 valence electrons. The van der Waals surface area contributed by atoms with E-state index in [4.69, 9.17) is 27.9 Å². The van der Waals surface area contributed by atoms with Crippen LogP contribution in [0.3, 0.4) is 0 Å². The first kappa shape index (κ1) is 13.8. The van der Waals surface area contributed by atoms with E-state index < -0.39 is 0 Å². The number of hydrogen-bond donors (Lipinski definition) is 0. The molecule has 0 saturated heterocycles. The van der Waals surface area contributed by atoms with Gasteiger partial charge in [0.05, 0.1) is 18.0 Å². The predicted octanol–water partition coefficient (Wildman–Crippen LogP) is 4.89. The normalized spacial score (nSPS) is 16.3. The first-order valence-corrected chi connectivity index (χ1v) is 7.66. The monoisotopic (exact) mass is 310 g/mol. The largest absolute Gasteiger partial charge is 0.485 e. The van der Waals surface area contributed by atoms with Crippen LogP contribution < -0.4 is 4.74 Å². The summed E-state index contributed by atoms with van der Waals surface area (Å²) >= 11 is 12.4. The lowest BCUT2D eigenvalue weighted by atomic mass is 9.98. The zero-order valence-electron chi connectivity index (χ0n) is 11.1. The molecule has 0 atom stereocenters. The summed E-state index contributed by atoms with van der Waals surface area (Å²) in [6, 6.07) is 7.43. The highest BCUT2D eigenvalue weighted by Gasteiger charge is 2.19. The Morgan fingerprint density at radius 1 is 1.15 bits per heavy atom. The number of benzene rings is 1. The molecule has 0 unspecified atom stereocenters. The van der Waals surface area contributed by atoms with E-state index in [1.807, 2.05) is 24.3 Å². The highest BCUT2D eigenvalue weighted by atomic mass is 35.5. The van der Waals surface area contributed by atoms with Crippen molar-refractivity contribution < 1.29 is 4.74 Å². The third kappa shape index (κ3) is 2.94. The average Bonchev–Trinajstić information content (AvgIpc) is 2.81. The number of nitrogens with zero attached hydrogens (tertiary/aromatic N) is 2. The molecule has 1 aromatic carbocycles. The van der Waals surface area contributed by atoms with Crippen LogP contribution in [0.5, 0.6) is 5.75 Å². The fourth-order valence-corrected chi connectivity index (χ4v) is 2.97. The van der Waals surface area contributed by atoms with Crippen LogP contribution in [0.25, 0.3) is 5.69 Å². The molecule has 20 heavy (non-hydrogen) atoms. The maximum Gasteiger partial charge on any atom is 0.177 e. The van der Waals surface area contributed by atoms with Crippen LogP contribution in [0.2, 0.25) is 10.2 Å². The molecule has 1 saturated carbocycles. The molecule has 0 N–H and O–H groups in total.